The van der Waals surface area contributed by atoms with Crippen molar-refractivity contribution in [2.75, 3.05) is 9.80 Å². The van der Waals surface area contributed by atoms with Gasteiger partial charge in [0.25, 0.3) is 0 Å². The van der Waals surface area contributed by atoms with Crippen LogP contribution in [-0.2, 0) is 6.42 Å². The molecular formula is C57H48N2. The number of nitrogens with zero attached hydrogens (tertiary/aromatic N) is 2. The van der Waals surface area contributed by atoms with Gasteiger partial charge in [-0.1, -0.05) is 140 Å². The number of rotatable bonds is 9. The zero-order valence-corrected chi connectivity index (χ0v) is 34.0. The number of hydrogen-bond donors (Lipinski definition) is 0. The minimum absolute atomic E-state index is 0.983. The summed E-state index contributed by atoms with van der Waals surface area (Å²) >= 11 is 0. The lowest BCUT2D eigenvalue weighted by Gasteiger charge is -2.28. The van der Waals surface area contributed by atoms with E-state index in [2.05, 4.69) is 243 Å². The molecule has 0 aromatic heterocycles. The normalized spacial score (nSPS) is 14.2. The van der Waals surface area contributed by atoms with Crippen LogP contribution in [0.2, 0.25) is 0 Å². The Balaban J connectivity index is 1.01. The fraction of sp³-hybridized carbons (Fsp3) is 0.0877. The first-order chi connectivity index (χ1) is 29.0. The molecule has 2 nitrogen and oxygen atoms in total. The van der Waals surface area contributed by atoms with Crippen LogP contribution >= 0.6 is 0 Å². The zero-order chi connectivity index (χ0) is 40.1. The SMILES string of the molecule is C/C1=C\C(N(c2ccccc2)c2ccc(-c3cccc(-c4ccc(N(c5ccccc5)c5ccc(C)c(-c6ccccc6C)c5)cc4)c3)cc2)=C/CCc2ccccc21. The number of aryl methyl sites for hydroxylation is 3. The average molecular weight is 761 g/mol. The van der Waals surface area contributed by atoms with E-state index in [0.29, 0.717) is 0 Å². The van der Waals surface area contributed by atoms with Crippen LogP contribution in [0, 0.1) is 13.8 Å². The fourth-order valence-electron chi connectivity index (χ4n) is 8.46. The number of allylic oxidation sites excluding steroid dienone is 3. The van der Waals surface area contributed by atoms with Crippen molar-refractivity contribution in [3.63, 3.8) is 0 Å². The van der Waals surface area contributed by atoms with Crippen molar-refractivity contribution >= 4 is 34.0 Å². The summed E-state index contributed by atoms with van der Waals surface area (Å²) in [5, 5.41) is 0. The largest absolute Gasteiger partial charge is 0.311 e. The first-order valence-corrected chi connectivity index (χ1v) is 20.6. The van der Waals surface area contributed by atoms with Gasteiger partial charge in [0.15, 0.2) is 0 Å². The monoisotopic (exact) mass is 760 g/mol. The highest BCUT2D eigenvalue weighted by Gasteiger charge is 2.18. The lowest BCUT2D eigenvalue weighted by Crippen LogP contribution is -2.16. The molecule has 0 saturated heterocycles. The molecule has 0 atom stereocenters. The molecule has 0 unspecified atom stereocenters. The summed E-state index contributed by atoms with van der Waals surface area (Å²) < 4.78 is 0. The molecule has 0 spiro atoms. The second-order valence-electron chi connectivity index (χ2n) is 15.5. The van der Waals surface area contributed by atoms with E-state index in [-0.39, 0.29) is 0 Å². The highest BCUT2D eigenvalue weighted by Crippen LogP contribution is 2.40. The molecule has 8 aromatic rings. The van der Waals surface area contributed by atoms with Crippen molar-refractivity contribution in [1.29, 1.82) is 0 Å². The molecule has 0 N–H and O–H groups in total. The lowest BCUT2D eigenvalue weighted by molar-refractivity contribution is 0.974. The number of fused-ring (bicyclic) bond motifs is 1. The Morgan fingerprint density at radius 1 is 0.356 bits per heavy atom. The van der Waals surface area contributed by atoms with Crippen LogP contribution < -0.4 is 9.80 Å². The highest BCUT2D eigenvalue weighted by atomic mass is 15.1. The van der Waals surface area contributed by atoms with E-state index < -0.39 is 0 Å². The molecule has 8 aromatic carbocycles. The summed E-state index contributed by atoms with van der Waals surface area (Å²) in [6.07, 6.45) is 6.74. The lowest BCUT2D eigenvalue weighted by atomic mass is 9.94. The second-order valence-corrected chi connectivity index (χ2v) is 15.5. The number of para-hydroxylation sites is 2. The van der Waals surface area contributed by atoms with E-state index in [1.807, 2.05) is 0 Å². The Morgan fingerprint density at radius 2 is 0.864 bits per heavy atom. The Hall–Kier alpha value is -7.16. The van der Waals surface area contributed by atoms with Crippen LogP contribution in [0.5, 0.6) is 0 Å². The van der Waals surface area contributed by atoms with Crippen molar-refractivity contribution in [2.24, 2.45) is 0 Å². The average Bonchev–Trinajstić information content (AvgIpc) is 3.28. The maximum atomic E-state index is 2.39. The summed E-state index contributed by atoms with van der Waals surface area (Å²) in [7, 11) is 0. The molecule has 0 radical (unpaired) electrons. The first kappa shape index (κ1) is 37.4. The maximum Gasteiger partial charge on any atom is 0.0467 e. The van der Waals surface area contributed by atoms with Gasteiger partial charge < -0.3 is 9.80 Å². The quantitative estimate of drug-likeness (QED) is 0.145. The minimum Gasteiger partial charge on any atom is -0.311 e. The summed E-state index contributed by atoms with van der Waals surface area (Å²) in [5.74, 6) is 0. The van der Waals surface area contributed by atoms with E-state index in [9.17, 15) is 0 Å². The molecule has 1 aliphatic carbocycles. The van der Waals surface area contributed by atoms with Crippen molar-refractivity contribution in [1.82, 2.24) is 0 Å². The van der Waals surface area contributed by atoms with Gasteiger partial charge >= 0.3 is 0 Å². The Kier molecular flexibility index (Phi) is 10.6. The second kappa shape index (κ2) is 16.7. The predicted molar refractivity (Wildman–Crippen MR) is 252 cm³/mol. The van der Waals surface area contributed by atoms with Gasteiger partial charge in [0.1, 0.15) is 0 Å². The van der Waals surface area contributed by atoms with Gasteiger partial charge in [-0.3, -0.25) is 0 Å². The molecule has 0 aliphatic heterocycles. The molecule has 0 heterocycles. The summed E-state index contributed by atoms with van der Waals surface area (Å²) in [4.78, 5) is 4.74. The van der Waals surface area contributed by atoms with Crippen molar-refractivity contribution in [2.45, 2.75) is 33.6 Å². The van der Waals surface area contributed by atoms with Crippen LogP contribution in [-0.4, -0.2) is 0 Å². The highest BCUT2D eigenvalue weighted by molar-refractivity contribution is 5.84. The molecule has 2 heteroatoms. The third-order valence-corrected chi connectivity index (χ3v) is 11.6. The molecule has 0 fully saturated rings. The third-order valence-electron chi connectivity index (χ3n) is 11.6. The Labute approximate surface area is 349 Å². The van der Waals surface area contributed by atoms with Crippen molar-refractivity contribution in [3.8, 4) is 33.4 Å². The van der Waals surface area contributed by atoms with E-state index in [1.165, 1.54) is 66.9 Å². The van der Waals surface area contributed by atoms with Gasteiger partial charge in [0.2, 0.25) is 0 Å². The van der Waals surface area contributed by atoms with Crippen molar-refractivity contribution in [3.05, 3.63) is 240 Å². The molecule has 286 valence electrons. The summed E-state index contributed by atoms with van der Waals surface area (Å²) in [6, 6.07) is 72.5. The van der Waals surface area contributed by atoms with Crippen LogP contribution in [0.15, 0.2) is 218 Å². The van der Waals surface area contributed by atoms with E-state index in [0.717, 1.165) is 41.3 Å². The van der Waals surface area contributed by atoms with Gasteiger partial charge in [0.05, 0.1) is 0 Å². The molecule has 0 saturated carbocycles. The van der Waals surface area contributed by atoms with Crippen LogP contribution in [0.3, 0.4) is 0 Å². The van der Waals surface area contributed by atoms with Gasteiger partial charge in [-0.15, -0.1) is 0 Å². The number of anilines is 5. The standard InChI is InChI=1S/C57H48N2/c1-41-16-10-12-27-56(41)57-40-54(33-28-42(57)2)59(50-23-8-5-9-24-50)52-36-31-45(32-37-52)48-20-14-19-47(39-48)44-29-34-51(35-30-44)58(49-21-6-4-7-22-49)53-25-15-18-46-17-11-13-26-55(46)43(3)38-53/h4-14,16-17,19-40H,15,18H2,1-3H3/b43-38+,53-25+. The van der Waals surface area contributed by atoms with Gasteiger partial charge in [-0.25, -0.2) is 0 Å². The van der Waals surface area contributed by atoms with Gasteiger partial charge in [-0.2, -0.15) is 0 Å². The molecular weight excluding hydrogens is 713 g/mol. The Bertz CT molecular complexity index is 2780. The molecule has 59 heavy (non-hydrogen) atoms. The minimum atomic E-state index is 0.983. The Morgan fingerprint density at radius 3 is 1.51 bits per heavy atom. The maximum absolute atomic E-state index is 2.39. The number of hydrogen-bond acceptors (Lipinski definition) is 2. The smallest absolute Gasteiger partial charge is 0.0467 e. The molecule has 0 bridgehead atoms. The molecule has 1 aliphatic rings. The van der Waals surface area contributed by atoms with Crippen molar-refractivity contribution < 1.29 is 0 Å². The van der Waals surface area contributed by atoms with Crippen LogP contribution in [0.25, 0.3) is 39.0 Å². The fourth-order valence-corrected chi connectivity index (χ4v) is 8.46. The van der Waals surface area contributed by atoms with Crippen LogP contribution in [0.4, 0.5) is 28.4 Å². The predicted octanol–water partition coefficient (Wildman–Crippen LogP) is 15.8. The molecule has 0 amide bonds. The zero-order valence-electron chi connectivity index (χ0n) is 34.0. The summed E-state index contributed by atoms with van der Waals surface area (Å²) in [6.45, 7) is 6.62. The molecule has 9 rings (SSSR count). The van der Waals surface area contributed by atoms with E-state index >= 15 is 0 Å². The third kappa shape index (κ3) is 7.91. The van der Waals surface area contributed by atoms with E-state index in [1.54, 1.807) is 0 Å². The summed E-state index contributed by atoms with van der Waals surface area (Å²) in [5.41, 5.74) is 20.7. The topological polar surface area (TPSA) is 6.48 Å². The van der Waals surface area contributed by atoms with Gasteiger partial charge in [-0.05, 0) is 168 Å². The van der Waals surface area contributed by atoms with Crippen LogP contribution in [0.1, 0.15) is 35.6 Å². The first-order valence-electron chi connectivity index (χ1n) is 20.6. The number of benzene rings is 8. The van der Waals surface area contributed by atoms with Gasteiger partial charge in [0, 0.05) is 34.1 Å². The van der Waals surface area contributed by atoms with E-state index in [4.69, 9.17) is 0 Å².